The van der Waals surface area contributed by atoms with Gasteiger partial charge in [0.15, 0.2) is 11.5 Å². The average Bonchev–Trinajstić information content (AvgIpc) is 2.94. The van der Waals surface area contributed by atoms with Gasteiger partial charge in [-0.3, -0.25) is 0 Å². The van der Waals surface area contributed by atoms with Crippen LogP contribution in [0.15, 0.2) is 24.8 Å². The number of hydrogen-bond donors (Lipinski definition) is 1. The van der Waals surface area contributed by atoms with Gasteiger partial charge in [0.05, 0.1) is 0 Å². The van der Waals surface area contributed by atoms with E-state index >= 15 is 0 Å². The highest BCUT2D eigenvalue weighted by molar-refractivity contribution is 5.46. The Morgan fingerprint density at radius 3 is 3.11 bits per heavy atom. The van der Waals surface area contributed by atoms with Gasteiger partial charge in [0.1, 0.15) is 11.9 Å². The molecule has 0 bridgehead atoms. The highest BCUT2D eigenvalue weighted by Gasteiger charge is 2.21. The minimum absolute atomic E-state index is 0.335. The summed E-state index contributed by atoms with van der Waals surface area (Å²) >= 11 is 0. The zero-order valence-corrected chi connectivity index (χ0v) is 10.5. The Morgan fingerprint density at radius 1 is 1.32 bits per heavy atom. The first kappa shape index (κ1) is 11.7. The minimum Gasteiger partial charge on any atom is -0.367 e. The van der Waals surface area contributed by atoms with E-state index < -0.39 is 0 Å². The van der Waals surface area contributed by atoms with Crippen LogP contribution in [0.25, 0.3) is 0 Å². The van der Waals surface area contributed by atoms with E-state index in [9.17, 15) is 0 Å². The Kier molecular flexibility index (Phi) is 3.11. The topological polar surface area (TPSA) is 79.4 Å². The van der Waals surface area contributed by atoms with Crippen LogP contribution in [-0.2, 0) is 6.54 Å². The number of hydrogen-bond acceptors (Lipinski definition) is 5. The van der Waals surface area contributed by atoms with Gasteiger partial charge in [0.25, 0.3) is 0 Å². The molecule has 6 nitrogen and oxygen atoms in total. The van der Waals surface area contributed by atoms with E-state index in [2.05, 4.69) is 24.8 Å². The number of aromatic nitrogens is 4. The SMILES string of the molecule is N#Cc1nccnc1NCC1CCCn2ccnc21. The fraction of sp³-hybridized carbons (Fsp3) is 0.385. The van der Waals surface area contributed by atoms with E-state index in [4.69, 9.17) is 5.26 Å². The normalized spacial score (nSPS) is 17.5. The van der Waals surface area contributed by atoms with Gasteiger partial charge in [0, 0.05) is 43.8 Å². The highest BCUT2D eigenvalue weighted by atomic mass is 15.1. The molecule has 2 aromatic rings. The number of nitrogens with zero attached hydrogens (tertiary/aromatic N) is 5. The van der Waals surface area contributed by atoms with E-state index in [0.717, 1.165) is 31.8 Å². The largest absolute Gasteiger partial charge is 0.367 e. The number of rotatable bonds is 3. The van der Waals surface area contributed by atoms with Gasteiger partial charge in [-0.15, -0.1) is 0 Å². The first-order valence-electron chi connectivity index (χ1n) is 6.34. The molecule has 3 rings (SSSR count). The first-order chi connectivity index (χ1) is 9.38. The van der Waals surface area contributed by atoms with Gasteiger partial charge in [-0.1, -0.05) is 0 Å². The lowest BCUT2D eigenvalue weighted by atomic mass is 9.99. The van der Waals surface area contributed by atoms with Gasteiger partial charge in [-0.25, -0.2) is 15.0 Å². The zero-order chi connectivity index (χ0) is 13.1. The Bertz CT molecular complexity index is 612. The molecule has 1 aliphatic heterocycles. The molecule has 0 amide bonds. The van der Waals surface area contributed by atoms with Crippen LogP contribution in [0.3, 0.4) is 0 Å². The number of imidazole rings is 1. The van der Waals surface area contributed by atoms with Crippen molar-refractivity contribution in [2.45, 2.75) is 25.3 Å². The molecule has 1 atom stereocenters. The lowest BCUT2D eigenvalue weighted by Gasteiger charge is -2.23. The van der Waals surface area contributed by atoms with Crippen LogP contribution in [0, 0.1) is 11.3 Å². The standard InChI is InChI=1S/C13H14N6/c14-8-11-12(16-4-3-15-11)18-9-10-2-1-6-19-7-5-17-13(10)19/h3-5,7,10H,1-2,6,9H2,(H,16,18). The van der Waals surface area contributed by atoms with Gasteiger partial charge < -0.3 is 9.88 Å². The van der Waals surface area contributed by atoms with E-state index in [-0.39, 0.29) is 0 Å². The van der Waals surface area contributed by atoms with Crippen molar-refractivity contribution in [3.63, 3.8) is 0 Å². The maximum Gasteiger partial charge on any atom is 0.182 e. The summed E-state index contributed by atoms with van der Waals surface area (Å²) < 4.78 is 2.19. The molecule has 1 aliphatic rings. The minimum atomic E-state index is 0.335. The summed E-state index contributed by atoms with van der Waals surface area (Å²) in [7, 11) is 0. The molecule has 0 fully saturated rings. The Balaban J connectivity index is 1.73. The van der Waals surface area contributed by atoms with Crippen LogP contribution in [0.2, 0.25) is 0 Å². The molecule has 6 heteroatoms. The second-order valence-corrected chi connectivity index (χ2v) is 4.56. The van der Waals surface area contributed by atoms with Crippen molar-refractivity contribution in [1.29, 1.82) is 5.26 Å². The highest BCUT2D eigenvalue weighted by Crippen LogP contribution is 2.25. The lowest BCUT2D eigenvalue weighted by molar-refractivity contribution is 0.453. The van der Waals surface area contributed by atoms with Crippen molar-refractivity contribution in [2.24, 2.45) is 0 Å². The molecule has 0 aliphatic carbocycles. The summed E-state index contributed by atoms with van der Waals surface area (Å²) in [5.41, 5.74) is 0.335. The van der Waals surface area contributed by atoms with Gasteiger partial charge in [-0.2, -0.15) is 5.26 Å². The molecule has 1 N–H and O–H groups in total. The average molecular weight is 254 g/mol. The summed E-state index contributed by atoms with van der Waals surface area (Å²) in [6.45, 7) is 1.77. The number of anilines is 1. The van der Waals surface area contributed by atoms with Crippen LogP contribution in [0.4, 0.5) is 5.82 Å². The molecule has 3 heterocycles. The van der Waals surface area contributed by atoms with Crippen LogP contribution in [0.1, 0.15) is 30.3 Å². The summed E-state index contributed by atoms with van der Waals surface area (Å²) in [5, 5.41) is 12.2. The van der Waals surface area contributed by atoms with Crippen molar-refractivity contribution in [3.8, 4) is 6.07 Å². The lowest BCUT2D eigenvalue weighted by Crippen LogP contribution is -2.22. The molecular weight excluding hydrogens is 240 g/mol. The second-order valence-electron chi connectivity index (χ2n) is 4.56. The molecule has 0 aromatic carbocycles. The molecule has 0 saturated heterocycles. The molecular formula is C13H14N6. The summed E-state index contributed by atoms with van der Waals surface area (Å²) in [5.74, 6) is 2.02. The number of aryl methyl sites for hydroxylation is 1. The Labute approximate surface area is 111 Å². The molecule has 0 spiro atoms. The number of nitrogens with one attached hydrogen (secondary N) is 1. The van der Waals surface area contributed by atoms with Crippen molar-refractivity contribution < 1.29 is 0 Å². The van der Waals surface area contributed by atoms with Crippen molar-refractivity contribution in [1.82, 2.24) is 19.5 Å². The monoisotopic (exact) mass is 254 g/mol. The quantitative estimate of drug-likeness (QED) is 0.898. The molecule has 96 valence electrons. The van der Waals surface area contributed by atoms with Crippen LogP contribution < -0.4 is 5.32 Å². The van der Waals surface area contributed by atoms with E-state index in [1.807, 2.05) is 18.5 Å². The molecule has 0 radical (unpaired) electrons. The summed E-state index contributed by atoms with van der Waals surface area (Å²) in [6.07, 6.45) is 9.23. The van der Waals surface area contributed by atoms with E-state index in [1.165, 1.54) is 6.20 Å². The molecule has 19 heavy (non-hydrogen) atoms. The fourth-order valence-corrected chi connectivity index (χ4v) is 2.47. The molecule has 0 saturated carbocycles. The maximum absolute atomic E-state index is 8.97. The summed E-state index contributed by atoms with van der Waals surface area (Å²) in [6, 6.07) is 2.04. The summed E-state index contributed by atoms with van der Waals surface area (Å²) in [4.78, 5) is 12.6. The Hall–Kier alpha value is -2.42. The Morgan fingerprint density at radius 2 is 2.21 bits per heavy atom. The van der Waals surface area contributed by atoms with E-state index in [0.29, 0.717) is 17.4 Å². The molecule has 1 unspecified atom stereocenters. The van der Waals surface area contributed by atoms with Crippen molar-refractivity contribution >= 4 is 5.82 Å². The number of fused-ring (bicyclic) bond motifs is 1. The van der Waals surface area contributed by atoms with Gasteiger partial charge in [0.2, 0.25) is 0 Å². The zero-order valence-electron chi connectivity index (χ0n) is 10.5. The number of nitriles is 1. The maximum atomic E-state index is 8.97. The van der Waals surface area contributed by atoms with Crippen molar-refractivity contribution in [3.05, 3.63) is 36.3 Å². The third kappa shape index (κ3) is 2.27. The third-order valence-corrected chi connectivity index (χ3v) is 3.38. The predicted octanol–water partition coefficient (Wildman–Crippen LogP) is 1.53. The van der Waals surface area contributed by atoms with Crippen LogP contribution in [0.5, 0.6) is 0 Å². The van der Waals surface area contributed by atoms with Crippen LogP contribution >= 0.6 is 0 Å². The van der Waals surface area contributed by atoms with Gasteiger partial charge >= 0.3 is 0 Å². The van der Waals surface area contributed by atoms with Gasteiger partial charge in [-0.05, 0) is 12.8 Å². The van der Waals surface area contributed by atoms with Crippen molar-refractivity contribution in [2.75, 3.05) is 11.9 Å². The smallest absolute Gasteiger partial charge is 0.182 e. The second kappa shape index (κ2) is 5.06. The third-order valence-electron chi connectivity index (χ3n) is 3.38. The van der Waals surface area contributed by atoms with Crippen LogP contribution in [-0.4, -0.2) is 26.1 Å². The first-order valence-corrected chi connectivity index (χ1v) is 6.34. The molecule has 2 aromatic heterocycles. The predicted molar refractivity (Wildman–Crippen MR) is 69.4 cm³/mol. The fourth-order valence-electron chi connectivity index (χ4n) is 2.47. The van der Waals surface area contributed by atoms with E-state index in [1.54, 1.807) is 6.20 Å².